The zero-order valence-corrected chi connectivity index (χ0v) is 16.8. The molecular formula is C21H23N5O2S. The van der Waals surface area contributed by atoms with Gasteiger partial charge in [0.05, 0.1) is 29.9 Å². The maximum Gasteiger partial charge on any atom is 0.215 e. The summed E-state index contributed by atoms with van der Waals surface area (Å²) in [5, 5.41) is 3.12. The van der Waals surface area contributed by atoms with Gasteiger partial charge in [0.25, 0.3) is 0 Å². The number of anilines is 2. The van der Waals surface area contributed by atoms with Gasteiger partial charge in [0.1, 0.15) is 11.6 Å². The standard InChI is InChI=1S/C21H23N5O2S/c27-29(28,14-11-17-7-2-1-3-8-17)26-13-6-9-19(26)18-15-22-16-21(24-18)25-20-10-4-5-12-23-20/h1-5,7-8,10,12,15-16,19H,6,9,11,13-14H2,(H,23,24,25)/t19-/m0/s1. The van der Waals surface area contributed by atoms with Crippen LogP contribution < -0.4 is 5.32 Å². The highest BCUT2D eigenvalue weighted by molar-refractivity contribution is 7.89. The van der Waals surface area contributed by atoms with Crippen molar-refractivity contribution in [2.24, 2.45) is 0 Å². The van der Waals surface area contributed by atoms with Crippen LogP contribution in [0.5, 0.6) is 0 Å². The van der Waals surface area contributed by atoms with Gasteiger partial charge in [-0.3, -0.25) is 4.98 Å². The first-order valence-electron chi connectivity index (χ1n) is 9.65. The smallest absolute Gasteiger partial charge is 0.215 e. The number of benzene rings is 1. The highest BCUT2D eigenvalue weighted by Crippen LogP contribution is 2.33. The van der Waals surface area contributed by atoms with Crippen LogP contribution >= 0.6 is 0 Å². The molecule has 1 fully saturated rings. The first-order valence-corrected chi connectivity index (χ1v) is 11.3. The van der Waals surface area contributed by atoms with Crippen molar-refractivity contribution in [3.63, 3.8) is 0 Å². The van der Waals surface area contributed by atoms with E-state index in [2.05, 4.69) is 20.3 Å². The molecule has 1 aliphatic heterocycles. The molecule has 1 N–H and O–H groups in total. The number of aromatic nitrogens is 3. The van der Waals surface area contributed by atoms with E-state index in [0.717, 1.165) is 18.4 Å². The number of pyridine rings is 1. The van der Waals surface area contributed by atoms with E-state index >= 15 is 0 Å². The molecule has 1 saturated heterocycles. The summed E-state index contributed by atoms with van der Waals surface area (Å²) in [6, 6.07) is 15.0. The molecule has 0 spiro atoms. The van der Waals surface area contributed by atoms with Crippen LogP contribution in [-0.2, 0) is 16.4 Å². The molecule has 0 unspecified atom stereocenters. The second-order valence-electron chi connectivity index (χ2n) is 6.99. The molecule has 0 amide bonds. The third-order valence-electron chi connectivity index (χ3n) is 4.97. The minimum Gasteiger partial charge on any atom is -0.324 e. The van der Waals surface area contributed by atoms with Crippen LogP contribution in [0.3, 0.4) is 0 Å². The Morgan fingerprint density at radius 1 is 1.03 bits per heavy atom. The average Bonchev–Trinajstić information content (AvgIpc) is 3.25. The summed E-state index contributed by atoms with van der Waals surface area (Å²) in [5.74, 6) is 1.31. The highest BCUT2D eigenvalue weighted by Gasteiger charge is 2.36. The zero-order chi connectivity index (χ0) is 20.1. The topological polar surface area (TPSA) is 88.1 Å². The molecule has 150 valence electrons. The molecular weight excluding hydrogens is 386 g/mol. The van der Waals surface area contributed by atoms with E-state index in [0.29, 0.717) is 30.3 Å². The molecule has 8 heteroatoms. The van der Waals surface area contributed by atoms with Gasteiger partial charge < -0.3 is 5.32 Å². The highest BCUT2D eigenvalue weighted by atomic mass is 32.2. The van der Waals surface area contributed by atoms with Crippen LogP contribution in [0.25, 0.3) is 0 Å². The summed E-state index contributed by atoms with van der Waals surface area (Å²) in [6.07, 6.45) is 7.01. The first-order chi connectivity index (χ1) is 14.1. The minimum atomic E-state index is -3.39. The quantitative estimate of drug-likeness (QED) is 0.644. The predicted octanol–water partition coefficient (Wildman–Crippen LogP) is 3.32. The van der Waals surface area contributed by atoms with Gasteiger partial charge in [-0.1, -0.05) is 36.4 Å². The number of nitrogens with one attached hydrogen (secondary N) is 1. The summed E-state index contributed by atoms with van der Waals surface area (Å²) in [7, 11) is -3.39. The minimum absolute atomic E-state index is 0.0901. The first kappa shape index (κ1) is 19.5. The fourth-order valence-corrected chi connectivity index (χ4v) is 5.28. The normalized spacial score (nSPS) is 17.3. The van der Waals surface area contributed by atoms with Gasteiger partial charge in [-0.25, -0.2) is 18.4 Å². The molecule has 7 nitrogen and oxygen atoms in total. The fraction of sp³-hybridized carbons (Fsp3) is 0.286. The van der Waals surface area contributed by atoms with Crippen LogP contribution in [0.4, 0.5) is 11.6 Å². The van der Waals surface area contributed by atoms with E-state index in [4.69, 9.17) is 0 Å². The number of nitrogens with zero attached hydrogens (tertiary/aromatic N) is 4. The van der Waals surface area contributed by atoms with Crippen molar-refractivity contribution in [1.82, 2.24) is 19.3 Å². The van der Waals surface area contributed by atoms with Crippen LogP contribution in [0.2, 0.25) is 0 Å². The van der Waals surface area contributed by atoms with Crippen LogP contribution in [0, 0.1) is 0 Å². The van der Waals surface area contributed by atoms with Crippen molar-refractivity contribution in [2.45, 2.75) is 25.3 Å². The molecule has 0 radical (unpaired) electrons. The molecule has 29 heavy (non-hydrogen) atoms. The number of sulfonamides is 1. The van der Waals surface area contributed by atoms with E-state index in [9.17, 15) is 8.42 Å². The summed E-state index contributed by atoms with van der Waals surface area (Å²) in [5.41, 5.74) is 1.68. The van der Waals surface area contributed by atoms with E-state index < -0.39 is 10.0 Å². The Morgan fingerprint density at radius 2 is 1.86 bits per heavy atom. The fourth-order valence-electron chi connectivity index (χ4n) is 3.55. The van der Waals surface area contributed by atoms with Gasteiger partial charge in [-0.2, -0.15) is 4.31 Å². The lowest BCUT2D eigenvalue weighted by Gasteiger charge is -2.23. The van der Waals surface area contributed by atoms with E-state index in [1.165, 1.54) is 0 Å². The average molecular weight is 410 g/mol. The molecule has 2 aromatic heterocycles. The molecule has 3 heterocycles. The predicted molar refractivity (Wildman–Crippen MR) is 112 cm³/mol. The van der Waals surface area contributed by atoms with Gasteiger partial charge in [0, 0.05) is 12.7 Å². The lowest BCUT2D eigenvalue weighted by Crippen LogP contribution is -2.33. The maximum atomic E-state index is 13.0. The molecule has 0 bridgehead atoms. The Kier molecular flexibility index (Phi) is 5.82. The monoisotopic (exact) mass is 409 g/mol. The van der Waals surface area contributed by atoms with E-state index in [-0.39, 0.29) is 11.8 Å². The van der Waals surface area contributed by atoms with E-state index in [1.807, 2.05) is 48.5 Å². The lowest BCUT2D eigenvalue weighted by atomic mass is 10.2. The number of hydrogen-bond acceptors (Lipinski definition) is 6. The Bertz CT molecular complexity index is 1040. The SMILES string of the molecule is O=S(=O)(CCc1ccccc1)N1CCC[C@H]1c1cncc(Nc2ccccn2)n1. The summed E-state index contributed by atoms with van der Waals surface area (Å²) in [4.78, 5) is 13.1. The second-order valence-corrected chi connectivity index (χ2v) is 9.03. The second kappa shape index (κ2) is 8.67. The Morgan fingerprint density at radius 3 is 2.66 bits per heavy atom. The van der Waals surface area contributed by atoms with Crippen molar-refractivity contribution in [3.8, 4) is 0 Å². The third-order valence-corrected chi connectivity index (χ3v) is 6.84. The van der Waals surface area contributed by atoms with Crippen molar-refractivity contribution >= 4 is 21.7 Å². The summed E-state index contributed by atoms with van der Waals surface area (Å²) >= 11 is 0. The zero-order valence-electron chi connectivity index (χ0n) is 16.0. The molecule has 0 aliphatic carbocycles. The molecule has 4 rings (SSSR count). The molecule has 1 atom stereocenters. The Hall–Kier alpha value is -2.84. The molecule has 3 aromatic rings. The number of rotatable bonds is 7. The van der Waals surface area contributed by atoms with Gasteiger partial charge in [0.2, 0.25) is 10.0 Å². The molecule has 1 aliphatic rings. The van der Waals surface area contributed by atoms with Crippen molar-refractivity contribution in [1.29, 1.82) is 0 Å². The number of aryl methyl sites for hydroxylation is 1. The third kappa shape index (κ3) is 4.78. The van der Waals surface area contributed by atoms with Gasteiger partial charge >= 0.3 is 0 Å². The summed E-state index contributed by atoms with van der Waals surface area (Å²) in [6.45, 7) is 0.515. The molecule has 1 aromatic carbocycles. The van der Waals surface area contributed by atoms with Crippen LogP contribution in [0.1, 0.15) is 30.1 Å². The van der Waals surface area contributed by atoms with Crippen LogP contribution in [0.15, 0.2) is 67.1 Å². The molecule has 0 saturated carbocycles. The van der Waals surface area contributed by atoms with Gasteiger partial charge in [0.15, 0.2) is 0 Å². The lowest BCUT2D eigenvalue weighted by molar-refractivity contribution is 0.390. The van der Waals surface area contributed by atoms with Gasteiger partial charge in [-0.15, -0.1) is 0 Å². The Balaban J connectivity index is 1.49. The van der Waals surface area contributed by atoms with Crippen LogP contribution in [-0.4, -0.2) is 40.0 Å². The largest absolute Gasteiger partial charge is 0.324 e. The van der Waals surface area contributed by atoms with Crippen molar-refractivity contribution in [2.75, 3.05) is 17.6 Å². The van der Waals surface area contributed by atoms with E-state index in [1.54, 1.807) is 22.9 Å². The van der Waals surface area contributed by atoms with Crippen molar-refractivity contribution < 1.29 is 8.42 Å². The number of hydrogen-bond donors (Lipinski definition) is 1. The maximum absolute atomic E-state index is 13.0. The Labute approximate surface area is 170 Å². The van der Waals surface area contributed by atoms with Crippen molar-refractivity contribution in [3.05, 3.63) is 78.4 Å². The van der Waals surface area contributed by atoms with Gasteiger partial charge in [-0.05, 0) is 37.0 Å². The summed E-state index contributed by atoms with van der Waals surface area (Å²) < 4.78 is 27.6.